The fraction of sp³-hybridized carbons (Fsp3) is 0.536. The van der Waals surface area contributed by atoms with Crippen LogP contribution in [0.3, 0.4) is 0 Å². The van der Waals surface area contributed by atoms with Crippen LogP contribution in [0.4, 0.5) is 10.5 Å². The van der Waals surface area contributed by atoms with Gasteiger partial charge in [0.05, 0.1) is 23.5 Å². The molecule has 0 spiro atoms. The second-order valence-electron chi connectivity index (χ2n) is 11.5. The van der Waals surface area contributed by atoms with Crippen LogP contribution in [0, 0.1) is 0 Å². The van der Waals surface area contributed by atoms with E-state index in [2.05, 4.69) is 0 Å². The molecule has 0 bridgehead atoms. The van der Waals surface area contributed by atoms with Gasteiger partial charge in [0, 0.05) is 27.9 Å². The average Bonchev–Trinajstić information content (AvgIpc) is 3.39. The molecular formula is C28H36N2O7S2. The van der Waals surface area contributed by atoms with Crippen molar-refractivity contribution in [2.45, 2.75) is 71.6 Å². The predicted molar refractivity (Wildman–Crippen MR) is 154 cm³/mol. The highest BCUT2D eigenvalue weighted by Crippen LogP contribution is 2.41. The molecule has 0 aliphatic carbocycles. The number of amides is 1. The van der Waals surface area contributed by atoms with Crippen molar-refractivity contribution in [3.63, 3.8) is 0 Å². The summed E-state index contributed by atoms with van der Waals surface area (Å²) in [5, 5.41) is 2.83. The first-order valence-electron chi connectivity index (χ1n) is 12.9. The molecule has 9 nitrogen and oxygen atoms in total. The van der Waals surface area contributed by atoms with E-state index in [9.17, 15) is 14.4 Å². The fourth-order valence-electron chi connectivity index (χ4n) is 4.37. The first-order chi connectivity index (χ1) is 18.2. The molecule has 212 valence electrons. The van der Waals surface area contributed by atoms with E-state index in [1.165, 1.54) is 18.4 Å². The molecule has 0 unspecified atom stereocenters. The third kappa shape index (κ3) is 7.20. The van der Waals surface area contributed by atoms with Crippen molar-refractivity contribution in [2.24, 2.45) is 0 Å². The number of carbonyl (C=O) groups excluding carboxylic acids is 3. The average molecular weight is 577 g/mol. The van der Waals surface area contributed by atoms with Gasteiger partial charge in [0.1, 0.15) is 16.1 Å². The second-order valence-corrected chi connectivity index (χ2v) is 13.6. The number of carbonyl (C=O) groups is 3. The zero-order valence-electron chi connectivity index (χ0n) is 23.5. The predicted octanol–water partition coefficient (Wildman–Crippen LogP) is 6.38. The van der Waals surface area contributed by atoms with E-state index in [1.54, 1.807) is 21.3 Å². The van der Waals surface area contributed by atoms with Gasteiger partial charge in [-0.1, -0.05) is 0 Å². The Morgan fingerprint density at radius 3 is 2.23 bits per heavy atom. The van der Waals surface area contributed by atoms with E-state index in [-0.39, 0.29) is 24.7 Å². The van der Waals surface area contributed by atoms with Crippen molar-refractivity contribution in [3.05, 3.63) is 29.1 Å². The van der Waals surface area contributed by atoms with Gasteiger partial charge in [-0.25, -0.2) is 14.4 Å². The molecule has 39 heavy (non-hydrogen) atoms. The third-order valence-corrected chi connectivity index (χ3v) is 8.34. The van der Waals surface area contributed by atoms with Gasteiger partial charge in [0.2, 0.25) is 0 Å². The standard InChI is InChI=1S/C28H36N2O7S2/c1-27(2,3)36-23(31)16-35-30(17-10-12-29(13-11-17)26(33)37-28(4,5)6)18-8-9-19-20(14-18)38-21-15-22(25(32)34-7)39-24(19)21/h8-9,14-15,17H,10-13,16H2,1-7H3. The lowest BCUT2D eigenvalue weighted by atomic mass is 10.0. The SMILES string of the molecule is COC(=O)c1cc2sc3cc(N(OCC(=O)OC(C)(C)C)C4CCN(C(=O)OC(C)(C)C)CC4)ccc3c2s1. The van der Waals surface area contributed by atoms with Crippen LogP contribution in [0.25, 0.3) is 19.5 Å². The Bertz CT molecular complexity index is 1360. The lowest BCUT2D eigenvalue weighted by Crippen LogP contribution is -2.48. The van der Waals surface area contributed by atoms with Crippen LogP contribution in [-0.2, 0) is 23.8 Å². The van der Waals surface area contributed by atoms with E-state index < -0.39 is 17.2 Å². The number of fused-ring (bicyclic) bond motifs is 3. The Morgan fingerprint density at radius 1 is 0.949 bits per heavy atom. The summed E-state index contributed by atoms with van der Waals surface area (Å²) in [6.07, 6.45) is 0.967. The molecule has 1 aliphatic heterocycles. The largest absolute Gasteiger partial charge is 0.465 e. The minimum absolute atomic E-state index is 0.0596. The number of hydroxylamine groups is 1. The quantitative estimate of drug-likeness (QED) is 0.190. The number of hydrogen-bond acceptors (Lipinski definition) is 10. The molecule has 1 aliphatic rings. The van der Waals surface area contributed by atoms with Gasteiger partial charge < -0.3 is 19.1 Å². The minimum atomic E-state index is -0.616. The number of piperidine rings is 1. The van der Waals surface area contributed by atoms with Crippen molar-refractivity contribution in [2.75, 3.05) is 31.9 Å². The molecule has 0 saturated carbocycles. The lowest BCUT2D eigenvalue weighted by molar-refractivity contribution is -0.161. The van der Waals surface area contributed by atoms with Crippen molar-refractivity contribution < 1.29 is 33.4 Å². The van der Waals surface area contributed by atoms with Crippen LogP contribution in [0.2, 0.25) is 0 Å². The minimum Gasteiger partial charge on any atom is -0.465 e. The topological polar surface area (TPSA) is 94.6 Å². The monoisotopic (exact) mass is 576 g/mol. The van der Waals surface area contributed by atoms with Gasteiger partial charge >= 0.3 is 18.0 Å². The van der Waals surface area contributed by atoms with Crippen LogP contribution < -0.4 is 5.06 Å². The van der Waals surface area contributed by atoms with E-state index in [4.69, 9.17) is 19.0 Å². The molecule has 2 aromatic heterocycles. The van der Waals surface area contributed by atoms with Crippen LogP contribution in [0.1, 0.15) is 64.1 Å². The Morgan fingerprint density at radius 2 is 1.62 bits per heavy atom. The molecule has 0 atom stereocenters. The summed E-state index contributed by atoms with van der Waals surface area (Å²) in [6, 6.07) is 7.82. The van der Waals surface area contributed by atoms with Crippen molar-refractivity contribution in [1.82, 2.24) is 4.90 Å². The number of hydrogen-bond donors (Lipinski definition) is 0. The van der Waals surface area contributed by atoms with Gasteiger partial charge in [-0.15, -0.1) is 22.7 Å². The van der Waals surface area contributed by atoms with Crippen LogP contribution in [-0.4, -0.2) is 67.0 Å². The van der Waals surface area contributed by atoms with Crippen molar-refractivity contribution in [1.29, 1.82) is 0 Å². The van der Waals surface area contributed by atoms with E-state index >= 15 is 0 Å². The van der Waals surface area contributed by atoms with Crippen LogP contribution >= 0.6 is 22.7 Å². The zero-order valence-corrected chi connectivity index (χ0v) is 25.1. The molecule has 1 amide bonds. The summed E-state index contributed by atoms with van der Waals surface area (Å²) in [7, 11) is 1.38. The summed E-state index contributed by atoms with van der Waals surface area (Å²) >= 11 is 3.00. The number of likely N-dealkylation sites (tertiary alicyclic amines) is 1. The summed E-state index contributed by atoms with van der Waals surface area (Å²) in [6.45, 7) is 11.8. The number of thiophene rings is 2. The highest BCUT2D eigenvalue weighted by atomic mass is 32.1. The molecule has 0 radical (unpaired) electrons. The van der Waals surface area contributed by atoms with E-state index in [0.29, 0.717) is 30.8 Å². The molecule has 1 saturated heterocycles. The fourth-order valence-corrected chi connectivity index (χ4v) is 6.85. The Kier molecular flexibility index (Phi) is 8.44. The van der Waals surface area contributed by atoms with Gasteiger partial charge in [-0.2, -0.15) is 0 Å². The zero-order chi connectivity index (χ0) is 28.5. The highest BCUT2D eigenvalue weighted by Gasteiger charge is 2.31. The molecule has 4 rings (SSSR count). The summed E-state index contributed by atoms with van der Waals surface area (Å²) in [5.41, 5.74) is -0.365. The van der Waals surface area contributed by atoms with Gasteiger partial charge in [-0.3, -0.25) is 9.90 Å². The Labute approximate surface area is 236 Å². The van der Waals surface area contributed by atoms with Gasteiger partial charge in [-0.05, 0) is 78.6 Å². The molecule has 3 heterocycles. The molecule has 0 N–H and O–H groups in total. The molecule has 1 fully saturated rings. The van der Waals surface area contributed by atoms with Gasteiger partial charge in [0.15, 0.2) is 6.61 Å². The maximum absolute atomic E-state index is 12.6. The molecular weight excluding hydrogens is 540 g/mol. The number of methoxy groups -OCH3 is 1. The number of ether oxygens (including phenoxy) is 3. The molecule has 1 aromatic carbocycles. The number of rotatable bonds is 6. The number of benzene rings is 1. The van der Waals surface area contributed by atoms with Crippen LogP contribution in [0.15, 0.2) is 24.3 Å². The smallest absolute Gasteiger partial charge is 0.410 e. The van der Waals surface area contributed by atoms with E-state index in [0.717, 1.165) is 25.2 Å². The first-order valence-corrected chi connectivity index (χ1v) is 14.5. The molecule has 11 heteroatoms. The Hall–Kier alpha value is -2.89. The van der Waals surface area contributed by atoms with E-state index in [1.807, 2.05) is 65.8 Å². The number of esters is 2. The summed E-state index contributed by atoms with van der Waals surface area (Å²) < 4.78 is 19.0. The maximum Gasteiger partial charge on any atom is 0.410 e. The summed E-state index contributed by atoms with van der Waals surface area (Å²) in [4.78, 5) is 45.4. The van der Waals surface area contributed by atoms with Gasteiger partial charge in [0.25, 0.3) is 0 Å². The Balaban J connectivity index is 1.56. The third-order valence-electron chi connectivity index (χ3n) is 5.96. The van der Waals surface area contributed by atoms with Crippen molar-refractivity contribution >= 4 is 65.9 Å². The van der Waals surface area contributed by atoms with Crippen molar-refractivity contribution in [3.8, 4) is 0 Å². The lowest BCUT2D eigenvalue weighted by Gasteiger charge is -2.39. The maximum atomic E-state index is 12.6. The number of anilines is 1. The normalized spacial score (nSPS) is 15.0. The highest BCUT2D eigenvalue weighted by molar-refractivity contribution is 7.33. The number of nitrogens with zero attached hydrogens (tertiary/aromatic N) is 2. The summed E-state index contributed by atoms with van der Waals surface area (Å²) in [5.74, 6) is -0.792. The molecule has 3 aromatic rings. The van der Waals surface area contributed by atoms with Crippen LogP contribution in [0.5, 0.6) is 0 Å². The first kappa shape index (κ1) is 29.1. The second kappa shape index (κ2) is 11.3.